The van der Waals surface area contributed by atoms with Crippen molar-refractivity contribution in [1.82, 2.24) is 9.55 Å². The van der Waals surface area contributed by atoms with E-state index in [-0.39, 0.29) is 22.7 Å². The molecule has 2 aromatic heterocycles. The van der Waals surface area contributed by atoms with Crippen LogP contribution < -0.4 is 0 Å². The Bertz CT molecular complexity index is 1740. The lowest BCUT2D eigenvalue weighted by Crippen LogP contribution is -2.29. The molecule has 5 aromatic rings. The molecule has 1 aliphatic heterocycles. The van der Waals surface area contributed by atoms with Crippen molar-refractivity contribution in [3.63, 3.8) is 0 Å². The highest BCUT2D eigenvalue weighted by Crippen LogP contribution is 2.38. The van der Waals surface area contributed by atoms with Crippen LogP contribution in [-0.4, -0.2) is 42.5 Å². The Balaban J connectivity index is 1.71. The number of nitrogens with zero attached hydrogens (tertiary/aromatic N) is 3. The van der Waals surface area contributed by atoms with Gasteiger partial charge in [0.15, 0.2) is 11.4 Å². The fraction of sp³-hybridized carbons (Fsp3) is 0. The zero-order chi connectivity index (χ0) is 24.8. The van der Waals surface area contributed by atoms with Crippen LogP contribution in [0.1, 0.15) is 36.8 Å². The van der Waals surface area contributed by atoms with Crippen molar-refractivity contribution in [2.75, 3.05) is 0 Å². The summed E-state index contributed by atoms with van der Waals surface area (Å²) in [5.41, 5.74) is 1.59. The molecule has 0 saturated heterocycles. The van der Waals surface area contributed by atoms with Gasteiger partial charge < -0.3 is 5.11 Å². The van der Waals surface area contributed by atoms with Crippen LogP contribution in [0, 0.1) is 0 Å². The second-order valence-electron chi connectivity index (χ2n) is 8.30. The third-order valence-corrected chi connectivity index (χ3v) is 6.24. The Hall–Kier alpha value is -5.17. The van der Waals surface area contributed by atoms with Gasteiger partial charge in [0.1, 0.15) is 5.56 Å². The lowest BCUT2D eigenvalue weighted by atomic mass is 10.1. The van der Waals surface area contributed by atoms with Crippen molar-refractivity contribution in [2.45, 2.75) is 0 Å². The summed E-state index contributed by atoms with van der Waals surface area (Å²) >= 11 is 0. The molecular weight excluding hydrogens is 454 g/mol. The highest BCUT2D eigenvalue weighted by atomic mass is 16.3. The summed E-state index contributed by atoms with van der Waals surface area (Å²) < 4.78 is 2.57. The van der Waals surface area contributed by atoms with Crippen LogP contribution in [0.2, 0.25) is 0 Å². The van der Waals surface area contributed by atoms with E-state index in [1.807, 2.05) is 0 Å². The lowest BCUT2D eigenvalue weighted by molar-refractivity contribution is -0.330. The molecule has 0 spiro atoms. The number of para-hydroxylation sites is 2. The van der Waals surface area contributed by atoms with Gasteiger partial charge in [0, 0.05) is 23.8 Å². The summed E-state index contributed by atoms with van der Waals surface area (Å²) in [6, 6.07) is 25.4. The van der Waals surface area contributed by atoms with Gasteiger partial charge in [-0.05, 0) is 42.5 Å². The lowest BCUT2D eigenvalue weighted by Gasteiger charge is -2.08. The zero-order valence-corrected chi connectivity index (χ0v) is 18.8. The standard InChI is InChI=1S/C29H17N3O4/c33-26-20-12-4-6-14-22(20)31(28(35)18-9-2-1-3-10-18)24(26)25-27(34)21-13-5-7-15-23(21)32(25)29(36)19-11-8-16-30-17-19/h1-17H/p+1. The van der Waals surface area contributed by atoms with Crippen molar-refractivity contribution in [1.29, 1.82) is 0 Å². The molecule has 1 aliphatic rings. The fourth-order valence-electron chi connectivity index (χ4n) is 4.61. The third-order valence-electron chi connectivity index (χ3n) is 6.24. The van der Waals surface area contributed by atoms with Gasteiger partial charge in [0.05, 0.1) is 16.6 Å². The van der Waals surface area contributed by atoms with E-state index in [4.69, 9.17) is 0 Å². The van der Waals surface area contributed by atoms with E-state index >= 15 is 0 Å². The van der Waals surface area contributed by atoms with Crippen molar-refractivity contribution >= 4 is 39.9 Å². The minimum atomic E-state index is -0.488. The fourth-order valence-corrected chi connectivity index (χ4v) is 4.61. The molecule has 1 N–H and O–H groups in total. The molecular formula is C29H18N3O4+. The summed E-state index contributed by atoms with van der Waals surface area (Å²) in [4.78, 5) is 45.4. The Morgan fingerprint density at radius 1 is 0.806 bits per heavy atom. The van der Waals surface area contributed by atoms with Crippen molar-refractivity contribution in [2.24, 2.45) is 0 Å². The smallest absolute Gasteiger partial charge is 0.425 e. The molecule has 7 nitrogen and oxygen atoms in total. The predicted octanol–water partition coefficient (Wildman–Crippen LogP) is 4.60. The van der Waals surface area contributed by atoms with Gasteiger partial charge in [-0.2, -0.15) is 0 Å². The average molecular weight is 472 g/mol. The van der Waals surface area contributed by atoms with E-state index in [1.165, 1.54) is 15.3 Å². The van der Waals surface area contributed by atoms with Crippen LogP contribution in [-0.2, 0) is 0 Å². The number of ketones is 1. The summed E-state index contributed by atoms with van der Waals surface area (Å²) in [7, 11) is 0. The Kier molecular flexibility index (Phi) is 4.90. The molecule has 3 aromatic carbocycles. The van der Waals surface area contributed by atoms with E-state index < -0.39 is 17.6 Å². The topological polar surface area (TPSA) is 92.3 Å². The maximum Gasteiger partial charge on any atom is 0.425 e. The van der Waals surface area contributed by atoms with Crippen molar-refractivity contribution < 1.29 is 24.1 Å². The number of carbonyl (C=O) groups is 3. The summed E-state index contributed by atoms with van der Waals surface area (Å²) in [5, 5.41) is 11.8. The second-order valence-corrected chi connectivity index (χ2v) is 8.30. The van der Waals surface area contributed by atoms with Crippen LogP contribution >= 0.6 is 0 Å². The second kappa shape index (κ2) is 8.25. The molecule has 36 heavy (non-hydrogen) atoms. The van der Waals surface area contributed by atoms with Crippen LogP contribution in [0.15, 0.2) is 103 Å². The molecule has 0 aliphatic carbocycles. The molecule has 0 radical (unpaired) electrons. The number of carbonyl (C=O) groups excluding carboxylic acids is 3. The molecule has 7 heteroatoms. The number of amides is 1. The summed E-state index contributed by atoms with van der Waals surface area (Å²) in [6.07, 6.45) is 2.97. The minimum Gasteiger partial charge on any atom is -0.505 e. The van der Waals surface area contributed by atoms with E-state index in [1.54, 1.807) is 97.2 Å². The minimum absolute atomic E-state index is 0.0458. The van der Waals surface area contributed by atoms with Gasteiger partial charge in [0.2, 0.25) is 5.69 Å². The zero-order valence-electron chi connectivity index (χ0n) is 18.8. The quantitative estimate of drug-likeness (QED) is 0.388. The van der Waals surface area contributed by atoms with Crippen LogP contribution in [0.5, 0.6) is 5.75 Å². The molecule has 0 saturated carbocycles. The van der Waals surface area contributed by atoms with Crippen molar-refractivity contribution in [3.05, 3.63) is 126 Å². The summed E-state index contributed by atoms with van der Waals surface area (Å²) in [6.45, 7) is 0. The van der Waals surface area contributed by atoms with E-state index in [2.05, 4.69) is 4.98 Å². The first-order chi connectivity index (χ1) is 17.6. The molecule has 6 rings (SSSR count). The van der Waals surface area contributed by atoms with Crippen LogP contribution in [0.4, 0.5) is 5.69 Å². The molecule has 0 atom stereocenters. The van der Waals surface area contributed by atoms with Crippen molar-refractivity contribution in [3.8, 4) is 5.75 Å². The number of aromatic hydroxyl groups is 1. The molecule has 1 amide bonds. The first-order valence-corrected chi connectivity index (χ1v) is 11.3. The Morgan fingerprint density at radius 2 is 1.50 bits per heavy atom. The van der Waals surface area contributed by atoms with Crippen LogP contribution in [0.25, 0.3) is 10.9 Å². The van der Waals surface area contributed by atoms with Gasteiger partial charge in [0.25, 0.3) is 17.4 Å². The van der Waals surface area contributed by atoms with Gasteiger partial charge in [-0.15, -0.1) is 4.58 Å². The van der Waals surface area contributed by atoms with E-state index in [0.717, 1.165) is 0 Å². The average Bonchev–Trinajstić information content (AvgIpc) is 3.39. The number of benzene rings is 3. The number of aromatic nitrogens is 2. The number of fused-ring (bicyclic) bond motifs is 2. The third kappa shape index (κ3) is 3.10. The maximum atomic E-state index is 13.8. The Morgan fingerprint density at radius 3 is 2.28 bits per heavy atom. The number of Topliss-reactive ketones (excluding diaryl/α,β-unsaturated/α-hetero) is 1. The number of hydrogen-bond donors (Lipinski definition) is 1. The maximum absolute atomic E-state index is 13.8. The van der Waals surface area contributed by atoms with Gasteiger partial charge in [-0.25, -0.2) is 4.79 Å². The van der Waals surface area contributed by atoms with Gasteiger partial charge in [-0.3, -0.25) is 19.1 Å². The molecule has 0 bridgehead atoms. The highest BCUT2D eigenvalue weighted by molar-refractivity contribution is 6.53. The largest absolute Gasteiger partial charge is 0.505 e. The van der Waals surface area contributed by atoms with Gasteiger partial charge >= 0.3 is 5.91 Å². The number of hydrogen-bond acceptors (Lipinski definition) is 5. The first kappa shape index (κ1) is 21.4. The normalized spacial score (nSPS) is 12.7. The van der Waals surface area contributed by atoms with Gasteiger partial charge in [-0.1, -0.05) is 42.5 Å². The number of pyridine rings is 1. The SMILES string of the molecule is O=C1C(c2c(O)c3ccccc3n2C(=O)c2cccnc2)=[N+](C(=O)c2ccccc2)c2ccccc21. The molecule has 3 heterocycles. The first-order valence-electron chi connectivity index (χ1n) is 11.3. The number of rotatable bonds is 3. The van der Waals surface area contributed by atoms with E-state index in [0.29, 0.717) is 27.7 Å². The monoisotopic (exact) mass is 472 g/mol. The highest BCUT2D eigenvalue weighted by Gasteiger charge is 2.47. The summed E-state index contributed by atoms with van der Waals surface area (Å²) in [5.74, 6) is -1.66. The molecule has 0 unspecified atom stereocenters. The Labute approximate surface area is 205 Å². The predicted molar refractivity (Wildman–Crippen MR) is 133 cm³/mol. The molecule has 0 fully saturated rings. The van der Waals surface area contributed by atoms with E-state index in [9.17, 15) is 19.5 Å². The van der Waals surface area contributed by atoms with Crippen LogP contribution in [0.3, 0.4) is 0 Å². The molecule has 172 valence electrons.